The van der Waals surface area contributed by atoms with Crippen LogP contribution in [0.5, 0.6) is 0 Å². The summed E-state index contributed by atoms with van der Waals surface area (Å²) in [5.74, 6) is 0.127. The van der Waals surface area contributed by atoms with E-state index < -0.39 is 0 Å². The minimum Gasteiger partial charge on any atom is -0.336 e. The number of carbonyl (C=O) groups excluding carboxylic acids is 1. The second-order valence-corrected chi connectivity index (χ2v) is 6.47. The van der Waals surface area contributed by atoms with Crippen LogP contribution in [0.2, 0.25) is 0 Å². The number of benzene rings is 1. The summed E-state index contributed by atoms with van der Waals surface area (Å²) in [4.78, 5) is 21.3. The minimum absolute atomic E-state index is 0.127. The lowest BCUT2D eigenvalue weighted by atomic mass is 10.1. The molecule has 0 spiro atoms. The Labute approximate surface area is 149 Å². The number of hydrogen-bond donors (Lipinski definition) is 0. The van der Waals surface area contributed by atoms with E-state index in [0.717, 1.165) is 49.5 Å². The van der Waals surface area contributed by atoms with Gasteiger partial charge in [0.05, 0.1) is 0 Å². The van der Waals surface area contributed by atoms with Crippen molar-refractivity contribution >= 4 is 12.0 Å². The Hall–Kier alpha value is -2.46. The van der Waals surface area contributed by atoms with Crippen molar-refractivity contribution in [3.8, 4) is 0 Å². The topological polar surface area (TPSA) is 36.4 Å². The van der Waals surface area contributed by atoms with Gasteiger partial charge in [-0.2, -0.15) is 0 Å². The molecular weight excluding hydrogens is 310 g/mol. The van der Waals surface area contributed by atoms with Crippen molar-refractivity contribution in [2.24, 2.45) is 0 Å². The average molecular weight is 335 g/mol. The van der Waals surface area contributed by atoms with Gasteiger partial charge in [-0.15, -0.1) is 0 Å². The van der Waals surface area contributed by atoms with Crippen LogP contribution in [0, 0.1) is 13.8 Å². The second kappa shape index (κ2) is 8.08. The van der Waals surface area contributed by atoms with Crippen molar-refractivity contribution in [2.75, 3.05) is 32.7 Å². The van der Waals surface area contributed by atoms with Gasteiger partial charge in [0.2, 0.25) is 0 Å². The highest BCUT2D eigenvalue weighted by molar-refractivity contribution is 5.95. The summed E-state index contributed by atoms with van der Waals surface area (Å²) >= 11 is 0. The predicted molar refractivity (Wildman–Crippen MR) is 102 cm³/mol. The average Bonchev–Trinajstić information content (AvgIpc) is 2.65. The van der Waals surface area contributed by atoms with E-state index >= 15 is 0 Å². The Balaban J connectivity index is 1.52. The first-order chi connectivity index (χ1) is 12.1. The van der Waals surface area contributed by atoms with Gasteiger partial charge in [0, 0.05) is 50.2 Å². The first kappa shape index (κ1) is 17.4. The van der Waals surface area contributed by atoms with Crippen LogP contribution in [0.3, 0.4) is 0 Å². The van der Waals surface area contributed by atoms with Crippen molar-refractivity contribution in [1.29, 1.82) is 0 Å². The fourth-order valence-electron chi connectivity index (χ4n) is 3.08. The summed E-state index contributed by atoms with van der Waals surface area (Å²) in [7, 11) is 0. The number of nitrogens with zero attached hydrogens (tertiary/aromatic N) is 3. The molecule has 0 bridgehead atoms. The molecule has 0 saturated carbocycles. The van der Waals surface area contributed by atoms with E-state index in [2.05, 4.69) is 34.2 Å². The fraction of sp³-hybridized carbons (Fsp3) is 0.333. The molecule has 4 nitrogen and oxygen atoms in total. The van der Waals surface area contributed by atoms with E-state index in [1.807, 2.05) is 43.0 Å². The molecule has 1 aliphatic heterocycles. The van der Waals surface area contributed by atoms with Gasteiger partial charge in [0.25, 0.3) is 5.91 Å². The number of aryl methyl sites for hydroxylation is 1. The lowest BCUT2D eigenvalue weighted by Gasteiger charge is -2.34. The van der Waals surface area contributed by atoms with Crippen LogP contribution in [0.25, 0.3) is 6.08 Å². The van der Waals surface area contributed by atoms with Crippen molar-refractivity contribution in [2.45, 2.75) is 13.8 Å². The third kappa shape index (κ3) is 4.34. The SMILES string of the molecule is Cc1nccc(C(=O)N2CCN(C/C=C/c3ccccc3)CC2)c1C. The maximum absolute atomic E-state index is 12.7. The van der Waals surface area contributed by atoms with Crippen molar-refractivity contribution in [3.63, 3.8) is 0 Å². The molecule has 1 amide bonds. The van der Waals surface area contributed by atoms with Crippen LogP contribution in [0.15, 0.2) is 48.7 Å². The van der Waals surface area contributed by atoms with Crippen LogP contribution in [0.1, 0.15) is 27.2 Å². The minimum atomic E-state index is 0.127. The molecule has 3 rings (SSSR count). The Bertz CT molecular complexity index is 747. The number of piperazine rings is 1. The Morgan fingerprint density at radius 2 is 1.80 bits per heavy atom. The molecule has 0 unspecified atom stereocenters. The molecule has 1 saturated heterocycles. The van der Waals surface area contributed by atoms with Crippen LogP contribution >= 0.6 is 0 Å². The zero-order chi connectivity index (χ0) is 17.6. The van der Waals surface area contributed by atoms with Crippen LogP contribution < -0.4 is 0 Å². The molecule has 0 N–H and O–H groups in total. The first-order valence-corrected chi connectivity index (χ1v) is 8.80. The zero-order valence-corrected chi connectivity index (χ0v) is 15.0. The number of aromatic nitrogens is 1. The molecule has 1 fully saturated rings. The Kier molecular flexibility index (Phi) is 5.61. The van der Waals surface area contributed by atoms with Gasteiger partial charge >= 0.3 is 0 Å². The molecule has 1 aromatic heterocycles. The molecule has 130 valence electrons. The number of amides is 1. The molecular formula is C21H25N3O. The lowest BCUT2D eigenvalue weighted by Crippen LogP contribution is -2.48. The summed E-state index contributed by atoms with van der Waals surface area (Å²) in [6.07, 6.45) is 6.07. The number of hydrogen-bond acceptors (Lipinski definition) is 3. The van der Waals surface area contributed by atoms with E-state index in [4.69, 9.17) is 0 Å². The summed E-state index contributed by atoms with van der Waals surface area (Å²) in [5, 5.41) is 0. The maximum atomic E-state index is 12.7. The molecule has 4 heteroatoms. The highest BCUT2D eigenvalue weighted by Crippen LogP contribution is 2.14. The van der Waals surface area contributed by atoms with Gasteiger partial charge in [-0.05, 0) is 31.0 Å². The number of pyridine rings is 1. The van der Waals surface area contributed by atoms with Crippen molar-refractivity contribution in [1.82, 2.24) is 14.8 Å². The van der Waals surface area contributed by atoms with E-state index in [0.29, 0.717) is 0 Å². The number of rotatable bonds is 4. The van der Waals surface area contributed by atoms with Gasteiger partial charge in [-0.3, -0.25) is 14.7 Å². The fourth-order valence-corrected chi connectivity index (χ4v) is 3.08. The smallest absolute Gasteiger partial charge is 0.254 e. The third-order valence-corrected chi connectivity index (χ3v) is 4.82. The van der Waals surface area contributed by atoms with Gasteiger partial charge in [0.1, 0.15) is 0 Å². The quantitative estimate of drug-likeness (QED) is 0.861. The van der Waals surface area contributed by atoms with Gasteiger partial charge in [-0.1, -0.05) is 42.5 Å². The largest absolute Gasteiger partial charge is 0.336 e. The van der Waals surface area contributed by atoms with Gasteiger partial charge in [-0.25, -0.2) is 0 Å². The van der Waals surface area contributed by atoms with Crippen molar-refractivity contribution < 1.29 is 4.79 Å². The number of carbonyl (C=O) groups is 1. The lowest BCUT2D eigenvalue weighted by molar-refractivity contribution is 0.0649. The van der Waals surface area contributed by atoms with Crippen LogP contribution in [-0.4, -0.2) is 53.4 Å². The summed E-state index contributed by atoms with van der Waals surface area (Å²) < 4.78 is 0. The maximum Gasteiger partial charge on any atom is 0.254 e. The summed E-state index contributed by atoms with van der Waals surface area (Å²) in [6, 6.07) is 12.2. The van der Waals surface area contributed by atoms with E-state index in [-0.39, 0.29) is 5.91 Å². The standard InChI is InChI=1S/C21H25N3O/c1-17-18(2)22-11-10-20(17)21(25)24-15-13-23(14-16-24)12-6-9-19-7-4-3-5-8-19/h3-11H,12-16H2,1-2H3/b9-6+. The molecule has 2 aromatic rings. The van der Waals surface area contributed by atoms with Gasteiger partial charge in [0.15, 0.2) is 0 Å². The van der Waals surface area contributed by atoms with E-state index in [1.54, 1.807) is 6.20 Å². The molecule has 0 atom stereocenters. The molecule has 2 heterocycles. The summed E-state index contributed by atoms with van der Waals surface area (Å²) in [6.45, 7) is 8.22. The molecule has 1 aliphatic rings. The van der Waals surface area contributed by atoms with Crippen molar-refractivity contribution in [3.05, 3.63) is 71.1 Å². The third-order valence-electron chi connectivity index (χ3n) is 4.82. The van der Waals surface area contributed by atoms with E-state index in [1.165, 1.54) is 5.56 Å². The highest BCUT2D eigenvalue weighted by atomic mass is 16.2. The molecule has 25 heavy (non-hydrogen) atoms. The predicted octanol–water partition coefficient (Wildman–Crippen LogP) is 3.17. The molecule has 1 aromatic carbocycles. The van der Waals surface area contributed by atoms with Gasteiger partial charge < -0.3 is 4.90 Å². The monoisotopic (exact) mass is 335 g/mol. The second-order valence-electron chi connectivity index (χ2n) is 6.47. The molecule has 0 aliphatic carbocycles. The van der Waals surface area contributed by atoms with Crippen LogP contribution in [-0.2, 0) is 0 Å². The normalized spacial score (nSPS) is 15.7. The summed E-state index contributed by atoms with van der Waals surface area (Å²) in [5.41, 5.74) is 3.92. The van der Waals surface area contributed by atoms with E-state index in [9.17, 15) is 4.79 Å². The Morgan fingerprint density at radius 3 is 2.52 bits per heavy atom. The zero-order valence-electron chi connectivity index (χ0n) is 15.0. The highest BCUT2D eigenvalue weighted by Gasteiger charge is 2.23. The Morgan fingerprint density at radius 1 is 1.08 bits per heavy atom. The molecule has 0 radical (unpaired) electrons. The first-order valence-electron chi connectivity index (χ1n) is 8.80. The van der Waals surface area contributed by atoms with Crippen LogP contribution in [0.4, 0.5) is 0 Å².